The van der Waals surface area contributed by atoms with Crippen LogP contribution in [-0.4, -0.2) is 41.9 Å². The Morgan fingerprint density at radius 3 is 2.00 bits per heavy atom. The summed E-state index contributed by atoms with van der Waals surface area (Å²) < 4.78 is 43.4. The highest BCUT2D eigenvalue weighted by Crippen LogP contribution is 2.37. The van der Waals surface area contributed by atoms with Crippen LogP contribution < -0.4 is 24.4 Å². The van der Waals surface area contributed by atoms with Crippen molar-refractivity contribution < 1.29 is 27.4 Å². The molecule has 3 rings (SSSR count). The SMILES string of the molecule is COc1cc(/C=N\NC(=O)c2ccc(NS(=O)(=O)c3ccc(C)cc3)cc2)cc(OC)c1OC. The molecule has 0 saturated heterocycles. The molecule has 10 heteroatoms. The molecule has 0 aliphatic carbocycles. The number of rotatable bonds is 9. The largest absolute Gasteiger partial charge is 0.493 e. The second-order valence-corrected chi connectivity index (χ2v) is 8.84. The van der Waals surface area contributed by atoms with Gasteiger partial charge < -0.3 is 14.2 Å². The topological polar surface area (TPSA) is 115 Å². The van der Waals surface area contributed by atoms with Crippen LogP contribution in [-0.2, 0) is 10.0 Å². The summed E-state index contributed by atoms with van der Waals surface area (Å²) in [7, 11) is 0.788. The van der Waals surface area contributed by atoms with Crippen LogP contribution >= 0.6 is 0 Å². The number of hydrogen-bond donors (Lipinski definition) is 2. The summed E-state index contributed by atoms with van der Waals surface area (Å²) in [6, 6.07) is 15.9. The number of amides is 1. The number of aryl methyl sites for hydroxylation is 1. The molecule has 0 radical (unpaired) electrons. The van der Waals surface area contributed by atoms with Crippen molar-refractivity contribution in [3.8, 4) is 17.2 Å². The lowest BCUT2D eigenvalue weighted by molar-refractivity contribution is 0.0955. The van der Waals surface area contributed by atoms with E-state index in [1.807, 2.05) is 6.92 Å². The van der Waals surface area contributed by atoms with Crippen molar-refractivity contribution in [1.29, 1.82) is 0 Å². The summed E-state index contributed by atoms with van der Waals surface area (Å²) in [5.74, 6) is 0.900. The van der Waals surface area contributed by atoms with Crippen LogP contribution in [0.15, 0.2) is 70.7 Å². The van der Waals surface area contributed by atoms with Crippen LogP contribution in [0, 0.1) is 6.92 Å². The molecule has 0 fully saturated rings. The Morgan fingerprint density at radius 2 is 1.47 bits per heavy atom. The Kier molecular flexibility index (Phi) is 7.75. The Morgan fingerprint density at radius 1 is 0.882 bits per heavy atom. The molecule has 34 heavy (non-hydrogen) atoms. The van der Waals surface area contributed by atoms with Gasteiger partial charge in [-0.25, -0.2) is 13.8 Å². The van der Waals surface area contributed by atoms with Crippen LogP contribution in [0.4, 0.5) is 5.69 Å². The molecule has 0 spiro atoms. The number of benzene rings is 3. The van der Waals surface area contributed by atoms with E-state index in [-0.39, 0.29) is 4.90 Å². The number of carbonyl (C=O) groups excluding carboxylic acids is 1. The van der Waals surface area contributed by atoms with Gasteiger partial charge in [-0.2, -0.15) is 5.10 Å². The fourth-order valence-corrected chi connectivity index (χ4v) is 4.09. The number of nitrogens with zero attached hydrogens (tertiary/aromatic N) is 1. The molecule has 0 aliphatic heterocycles. The maximum Gasteiger partial charge on any atom is 0.271 e. The van der Waals surface area contributed by atoms with Crippen molar-refractivity contribution in [2.75, 3.05) is 26.1 Å². The van der Waals surface area contributed by atoms with Gasteiger partial charge in [-0.3, -0.25) is 9.52 Å². The highest BCUT2D eigenvalue weighted by molar-refractivity contribution is 7.92. The predicted octanol–water partition coefficient (Wildman–Crippen LogP) is 3.59. The van der Waals surface area contributed by atoms with E-state index in [2.05, 4.69) is 15.2 Å². The number of ether oxygens (including phenoxy) is 3. The molecule has 178 valence electrons. The number of hydrazone groups is 1. The van der Waals surface area contributed by atoms with E-state index in [1.54, 1.807) is 24.3 Å². The molecule has 0 bridgehead atoms. The molecule has 0 aliphatic rings. The Hall–Kier alpha value is -4.05. The van der Waals surface area contributed by atoms with Gasteiger partial charge in [0.2, 0.25) is 5.75 Å². The van der Waals surface area contributed by atoms with Gasteiger partial charge in [0.1, 0.15) is 0 Å². The average molecular weight is 484 g/mol. The minimum atomic E-state index is -3.73. The first-order chi connectivity index (χ1) is 16.3. The molecular formula is C24H25N3O6S. The van der Waals surface area contributed by atoms with E-state index in [0.29, 0.717) is 34.1 Å². The van der Waals surface area contributed by atoms with Gasteiger partial charge in [0, 0.05) is 16.8 Å². The summed E-state index contributed by atoms with van der Waals surface area (Å²) in [5, 5.41) is 3.96. The zero-order valence-corrected chi connectivity index (χ0v) is 20.0. The van der Waals surface area contributed by atoms with Crippen LogP contribution in [0.25, 0.3) is 0 Å². The van der Waals surface area contributed by atoms with E-state index in [9.17, 15) is 13.2 Å². The second kappa shape index (κ2) is 10.7. The summed E-state index contributed by atoms with van der Waals surface area (Å²) in [6.45, 7) is 1.88. The van der Waals surface area contributed by atoms with Crippen LogP contribution in [0.1, 0.15) is 21.5 Å². The average Bonchev–Trinajstić information content (AvgIpc) is 2.83. The van der Waals surface area contributed by atoms with Gasteiger partial charge >= 0.3 is 0 Å². The Balaban J connectivity index is 1.66. The Labute approximate surface area is 198 Å². The Bertz CT molecular complexity index is 1260. The van der Waals surface area contributed by atoms with Crippen molar-refractivity contribution in [1.82, 2.24) is 5.43 Å². The van der Waals surface area contributed by atoms with E-state index >= 15 is 0 Å². The molecule has 3 aromatic carbocycles. The number of hydrogen-bond acceptors (Lipinski definition) is 7. The molecule has 2 N–H and O–H groups in total. The third-order valence-electron chi connectivity index (χ3n) is 4.80. The van der Waals surface area contributed by atoms with Gasteiger partial charge in [-0.05, 0) is 55.5 Å². The lowest BCUT2D eigenvalue weighted by atomic mass is 10.2. The second-order valence-electron chi connectivity index (χ2n) is 7.15. The number of methoxy groups -OCH3 is 3. The van der Waals surface area contributed by atoms with E-state index in [4.69, 9.17) is 14.2 Å². The summed E-state index contributed by atoms with van der Waals surface area (Å²) >= 11 is 0. The number of sulfonamides is 1. The molecule has 1 amide bonds. The number of carbonyl (C=O) groups is 1. The van der Waals surface area contributed by atoms with E-state index in [0.717, 1.165) is 5.56 Å². The summed E-state index contributed by atoms with van der Waals surface area (Å²) in [5.41, 5.74) is 4.65. The predicted molar refractivity (Wildman–Crippen MR) is 130 cm³/mol. The quantitative estimate of drug-likeness (QED) is 0.355. The number of anilines is 1. The van der Waals surface area contributed by atoms with Gasteiger partial charge in [-0.15, -0.1) is 0 Å². The molecule has 0 saturated carbocycles. The fraction of sp³-hybridized carbons (Fsp3) is 0.167. The zero-order chi connectivity index (χ0) is 24.7. The third-order valence-corrected chi connectivity index (χ3v) is 6.19. The zero-order valence-electron chi connectivity index (χ0n) is 19.2. The van der Waals surface area contributed by atoms with Crippen LogP contribution in [0.3, 0.4) is 0 Å². The highest BCUT2D eigenvalue weighted by Gasteiger charge is 2.15. The summed E-state index contributed by atoms with van der Waals surface area (Å²) in [6.07, 6.45) is 1.44. The molecule has 0 unspecified atom stereocenters. The van der Waals surface area contributed by atoms with Gasteiger partial charge in [0.25, 0.3) is 15.9 Å². The lowest BCUT2D eigenvalue weighted by Crippen LogP contribution is -2.18. The van der Waals surface area contributed by atoms with Crippen LogP contribution in [0.2, 0.25) is 0 Å². The van der Waals surface area contributed by atoms with Crippen molar-refractivity contribution in [3.05, 3.63) is 77.4 Å². The third kappa shape index (κ3) is 5.84. The highest BCUT2D eigenvalue weighted by atomic mass is 32.2. The van der Waals surface area contributed by atoms with Crippen molar-refractivity contribution in [2.45, 2.75) is 11.8 Å². The fourth-order valence-electron chi connectivity index (χ4n) is 3.03. The summed E-state index contributed by atoms with van der Waals surface area (Å²) in [4.78, 5) is 12.6. The lowest BCUT2D eigenvalue weighted by Gasteiger charge is -2.12. The minimum Gasteiger partial charge on any atom is -0.493 e. The first-order valence-corrected chi connectivity index (χ1v) is 11.6. The molecule has 9 nitrogen and oxygen atoms in total. The number of nitrogens with one attached hydrogen (secondary N) is 2. The smallest absolute Gasteiger partial charge is 0.271 e. The minimum absolute atomic E-state index is 0.154. The van der Waals surface area contributed by atoms with E-state index < -0.39 is 15.9 Å². The maximum absolute atomic E-state index is 12.5. The standard InChI is InChI=1S/C24H25N3O6S/c1-16-5-11-20(12-6-16)34(29,30)27-19-9-7-18(8-10-19)24(28)26-25-15-17-13-21(31-2)23(33-4)22(14-17)32-3/h5-15,27H,1-4H3,(H,26,28)/b25-15-. The van der Waals surface area contributed by atoms with Gasteiger partial charge in [0.15, 0.2) is 11.5 Å². The molecule has 3 aromatic rings. The monoisotopic (exact) mass is 483 g/mol. The maximum atomic E-state index is 12.5. The van der Waals surface area contributed by atoms with E-state index in [1.165, 1.54) is 63.9 Å². The molecule has 0 aromatic heterocycles. The molecule has 0 heterocycles. The van der Waals surface area contributed by atoms with Crippen molar-refractivity contribution >= 4 is 27.8 Å². The van der Waals surface area contributed by atoms with Crippen LogP contribution in [0.5, 0.6) is 17.2 Å². The normalized spacial score (nSPS) is 11.2. The first kappa shape index (κ1) is 24.6. The van der Waals surface area contributed by atoms with Gasteiger partial charge in [0.05, 0.1) is 32.4 Å². The molecular weight excluding hydrogens is 458 g/mol. The van der Waals surface area contributed by atoms with Crippen molar-refractivity contribution in [3.63, 3.8) is 0 Å². The first-order valence-electron chi connectivity index (χ1n) is 10.1. The molecule has 0 atom stereocenters. The van der Waals surface area contributed by atoms with Gasteiger partial charge in [-0.1, -0.05) is 17.7 Å². The van der Waals surface area contributed by atoms with Crippen molar-refractivity contribution in [2.24, 2.45) is 5.10 Å².